The van der Waals surface area contributed by atoms with Gasteiger partial charge in [-0.25, -0.2) is 0 Å². The van der Waals surface area contributed by atoms with Crippen molar-refractivity contribution in [3.05, 3.63) is 47.2 Å². The van der Waals surface area contributed by atoms with Crippen LogP contribution in [0.3, 0.4) is 0 Å². The Morgan fingerprint density at radius 3 is 2.67 bits per heavy atom. The van der Waals surface area contributed by atoms with Gasteiger partial charge in [-0.05, 0) is 26.3 Å². The van der Waals surface area contributed by atoms with Crippen LogP contribution in [0.4, 0.5) is 0 Å². The van der Waals surface area contributed by atoms with Crippen molar-refractivity contribution in [3.63, 3.8) is 0 Å². The Morgan fingerprint density at radius 1 is 1.33 bits per heavy atom. The van der Waals surface area contributed by atoms with Crippen molar-refractivity contribution >= 4 is 12.4 Å². The number of aromatic nitrogens is 2. The molecule has 5 nitrogen and oxygen atoms in total. The Balaban J connectivity index is 0.00000220. The lowest BCUT2D eigenvalue weighted by Gasteiger charge is -2.25. The highest BCUT2D eigenvalue weighted by Crippen LogP contribution is 2.25. The van der Waals surface area contributed by atoms with Crippen molar-refractivity contribution < 1.29 is 9.52 Å². The van der Waals surface area contributed by atoms with Crippen molar-refractivity contribution in [2.75, 3.05) is 6.61 Å². The Morgan fingerprint density at radius 2 is 2.05 bits per heavy atom. The molecule has 3 N–H and O–H groups in total. The van der Waals surface area contributed by atoms with Crippen LogP contribution in [-0.2, 0) is 11.8 Å². The molecule has 6 heteroatoms. The summed E-state index contributed by atoms with van der Waals surface area (Å²) in [6.07, 6.45) is 0.596. The number of nitrogens with zero attached hydrogens (tertiary/aromatic N) is 2. The third kappa shape index (κ3) is 4.03. The van der Waals surface area contributed by atoms with Gasteiger partial charge >= 0.3 is 0 Å². The zero-order valence-electron chi connectivity index (χ0n) is 12.5. The van der Waals surface area contributed by atoms with Crippen molar-refractivity contribution in [1.82, 2.24) is 10.2 Å². The van der Waals surface area contributed by atoms with Crippen LogP contribution in [-0.4, -0.2) is 28.0 Å². The molecular formula is C15H22ClN3O2. The maximum Gasteiger partial charge on any atom is 0.223 e. The third-order valence-electron chi connectivity index (χ3n) is 3.58. The molecule has 0 saturated heterocycles. The number of aliphatic hydroxyl groups excluding tert-OH is 1. The van der Waals surface area contributed by atoms with E-state index in [1.165, 1.54) is 5.56 Å². The van der Waals surface area contributed by atoms with E-state index >= 15 is 0 Å². The highest BCUT2D eigenvalue weighted by Gasteiger charge is 2.33. The molecule has 0 spiro atoms. The van der Waals surface area contributed by atoms with E-state index in [1.54, 1.807) is 0 Å². The Bertz CT molecular complexity index is 584. The minimum atomic E-state index is -0.549. The third-order valence-corrected chi connectivity index (χ3v) is 3.58. The first kappa shape index (κ1) is 17.6. The van der Waals surface area contributed by atoms with E-state index in [4.69, 9.17) is 10.2 Å². The van der Waals surface area contributed by atoms with Crippen LogP contribution >= 0.6 is 12.4 Å². The van der Waals surface area contributed by atoms with E-state index in [0.717, 1.165) is 5.56 Å². The van der Waals surface area contributed by atoms with Gasteiger partial charge in [0.05, 0.1) is 18.4 Å². The fourth-order valence-corrected chi connectivity index (χ4v) is 1.97. The Hall–Kier alpha value is -1.43. The summed E-state index contributed by atoms with van der Waals surface area (Å²) in [5.74, 6) is 1.02. The zero-order valence-corrected chi connectivity index (χ0v) is 13.4. The molecule has 0 fully saturated rings. The molecule has 0 aliphatic carbocycles. The van der Waals surface area contributed by atoms with Crippen molar-refractivity contribution in [2.24, 2.45) is 5.73 Å². The summed E-state index contributed by atoms with van der Waals surface area (Å²) >= 11 is 0. The molecule has 0 saturated carbocycles. The van der Waals surface area contributed by atoms with Crippen LogP contribution in [0.1, 0.15) is 36.8 Å². The van der Waals surface area contributed by atoms with Crippen LogP contribution < -0.4 is 5.73 Å². The summed E-state index contributed by atoms with van der Waals surface area (Å²) in [6.45, 7) is 5.70. The summed E-state index contributed by atoms with van der Waals surface area (Å²) < 4.78 is 5.70. The van der Waals surface area contributed by atoms with E-state index in [0.29, 0.717) is 18.2 Å². The van der Waals surface area contributed by atoms with Gasteiger partial charge in [-0.15, -0.1) is 22.6 Å². The topological polar surface area (TPSA) is 85.2 Å². The maximum absolute atomic E-state index is 9.19. The van der Waals surface area contributed by atoms with E-state index in [-0.39, 0.29) is 19.0 Å². The second-order valence-corrected chi connectivity index (χ2v) is 5.68. The molecule has 0 radical (unpaired) electrons. The summed E-state index contributed by atoms with van der Waals surface area (Å²) in [5.41, 5.74) is 7.67. The molecule has 1 atom stereocenters. The summed E-state index contributed by atoms with van der Waals surface area (Å²) in [4.78, 5) is 0. The van der Waals surface area contributed by atoms with Crippen molar-refractivity contribution in [1.29, 1.82) is 0 Å². The lowest BCUT2D eigenvalue weighted by Crippen LogP contribution is -2.43. The predicted octanol–water partition coefficient (Wildman–Crippen LogP) is 1.99. The molecule has 2 rings (SSSR count). The average Bonchev–Trinajstić information content (AvgIpc) is 2.87. The van der Waals surface area contributed by atoms with Crippen LogP contribution in [0.15, 0.2) is 28.7 Å². The summed E-state index contributed by atoms with van der Waals surface area (Å²) in [5, 5.41) is 17.3. The molecule has 1 aromatic carbocycles. The highest BCUT2D eigenvalue weighted by molar-refractivity contribution is 5.85. The van der Waals surface area contributed by atoms with Crippen LogP contribution in [0.25, 0.3) is 0 Å². The molecule has 2 aromatic rings. The van der Waals surface area contributed by atoms with Gasteiger partial charge in [0.15, 0.2) is 0 Å². The smallest absolute Gasteiger partial charge is 0.223 e. The molecule has 1 heterocycles. The first-order chi connectivity index (χ1) is 9.43. The molecule has 0 aliphatic rings. The quantitative estimate of drug-likeness (QED) is 0.882. The van der Waals surface area contributed by atoms with Gasteiger partial charge in [0, 0.05) is 6.04 Å². The molecule has 0 bridgehead atoms. The number of aryl methyl sites for hydroxylation is 1. The zero-order chi connectivity index (χ0) is 14.8. The molecule has 0 unspecified atom stereocenters. The fourth-order valence-electron chi connectivity index (χ4n) is 1.97. The molecule has 21 heavy (non-hydrogen) atoms. The van der Waals surface area contributed by atoms with Gasteiger partial charge < -0.3 is 15.3 Å². The number of hydrogen-bond donors (Lipinski definition) is 2. The number of hydrogen-bond acceptors (Lipinski definition) is 5. The normalized spacial score (nSPS) is 12.8. The van der Waals surface area contributed by atoms with Crippen LogP contribution in [0.2, 0.25) is 0 Å². The van der Waals surface area contributed by atoms with Gasteiger partial charge in [-0.2, -0.15) is 0 Å². The minimum absolute atomic E-state index is 0. The van der Waals surface area contributed by atoms with Gasteiger partial charge in [0.1, 0.15) is 0 Å². The summed E-state index contributed by atoms with van der Waals surface area (Å²) in [6, 6.07) is 7.74. The molecule has 0 aliphatic heterocycles. The average molecular weight is 312 g/mol. The number of halogens is 1. The highest BCUT2D eigenvalue weighted by atomic mass is 35.5. The Kier molecular flexibility index (Phi) is 5.89. The Labute approximate surface area is 131 Å². The predicted molar refractivity (Wildman–Crippen MR) is 83.6 cm³/mol. The molecule has 0 amide bonds. The fraction of sp³-hybridized carbons (Fsp3) is 0.467. The number of benzene rings is 1. The monoisotopic (exact) mass is 311 g/mol. The second-order valence-electron chi connectivity index (χ2n) is 5.68. The first-order valence-electron chi connectivity index (χ1n) is 6.68. The SMILES string of the molecule is Cc1cccc(Cc2nnc(C(C)(C)[C@H](N)CO)o2)c1.Cl. The van der Waals surface area contributed by atoms with Crippen LogP contribution in [0.5, 0.6) is 0 Å². The van der Waals surface area contributed by atoms with Gasteiger partial charge in [-0.1, -0.05) is 29.8 Å². The number of aliphatic hydroxyl groups is 1. The summed E-state index contributed by atoms with van der Waals surface area (Å²) in [7, 11) is 0. The lowest BCUT2D eigenvalue weighted by molar-refractivity contribution is 0.199. The number of rotatable bonds is 5. The largest absolute Gasteiger partial charge is 0.424 e. The van der Waals surface area contributed by atoms with E-state index < -0.39 is 11.5 Å². The van der Waals surface area contributed by atoms with E-state index in [9.17, 15) is 5.11 Å². The molecule has 1 aromatic heterocycles. The van der Waals surface area contributed by atoms with Gasteiger partial charge in [0.2, 0.25) is 11.8 Å². The van der Waals surface area contributed by atoms with Crippen molar-refractivity contribution in [2.45, 2.75) is 38.6 Å². The molecular weight excluding hydrogens is 290 g/mol. The minimum Gasteiger partial charge on any atom is -0.424 e. The van der Waals surface area contributed by atoms with Crippen molar-refractivity contribution in [3.8, 4) is 0 Å². The molecule has 116 valence electrons. The number of nitrogens with two attached hydrogens (primary N) is 1. The first-order valence-corrected chi connectivity index (χ1v) is 6.68. The lowest BCUT2D eigenvalue weighted by atomic mass is 9.85. The second kappa shape index (κ2) is 7.02. The van der Waals surface area contributed by atoms with Gasteiger partial charge in [0.25, 0.3) is 0 Å². The van der Waals surface area contributed by atoms with Crippen LogP contribution in [0, 0.1) is 6.92 Å². The van der Waals surface area contributed by atoms with E-state index in [2.05, 4.69) is 16.3 Å². The van der Waals surface area contributed by atoms with Gasteiger partial charge in [-0.3, -0.25) is 0 Å². The van der Waals surface area contributed by atoms with E-state index in [1.807, 2.05) is 39.0 Å². The maximum atomic E-state index is 9.19. The standard InChI is InChI=1S/C15H21N3O2.ClH/c1-10-5-4-6-11(7-10)8-13-17-18-14(20-13)15(2,3)12(16)9-19;/h4-7,12,19H,8-9,16H2,1-3H3;1H/t12-;/m1./s1.